The van der Waals surface area contributed by atoms with Crippen molar-refractivity contribution in [2.24, 2.45) is 12.0 Å². The number of nitrogens with zero attached hydrogens (tertiary/aromatic N) is 2. The summed E-state index contributed by atoms with van der Waals surface area (Å²) in [7, 11) is 1.79. The average molecular weight is 391 g/mol. The number of aromatic nitrogens is 1. The van der Waals surface area contributed by atoms with E-state index in [2.05, 4.69) is 31.2 Å². The van der Waals surface area contributed by atoms with Crippen LogP contribution in [-0.2, 0) is 13.5 Å². The predicted molar refractivity (Wildman–Crippen MR) is 117 cm³/mol. The summed E-state index contributed by atoms with van der Waals surface area (Å²) in [6, 6.07) is 14.1. The fourth-order valence-corrected chi connectivity index (χ4v) is 4.14. The van der Waals surface area contributed by atoms with Gasteiger partial charge in [-0.25, -0.2) is 0 Å². The van der Waals surface area contributed by atoms with Crippen molar-refractivity contribution in [1.29, 1.82) is 0 Å². The minimum absolute atomic E-state index is 0.0224. The molecule has 4 heteroatoms. The summed E-state index contributed by atoms with van der Waals surface area (Å²) < 4.78 is 1.64. The summed E-state index contributed by atoms with van der Waals surface area (Å²) in [5, 5.41) is 0.692. The zero-order chi connectivity index (χ0) is 20.0. The Morgan fingerprint density at radius 1 is 1.04 bits per heavy atom. The molecule has 0 amide bonds. The molecule has 0 fully saturated rings. The van der Waals surface area contributed by atoms with Crippen LogP contribution in [-0.4, -0.2) is 10.3 Å². The molecule has 0 saturated carbocycles. The highest BCUT2D eigenvalue weighted by atomic mass is 35.5. The number of hydrogen-bond donors (Lipinski definition) is 0. The SMILES string of the molecule is CCc1ccc2c(c1)-c1cn(C)c(=O)cc1[C@H](C)N=C2c1ccc(C)cc1Cl. The Labute approximate surface area is 170 Å². The van der Waals surface area contributed by atoms with Gasteiger partial charge < -0.3 is 4.57 Å². The Kier molecular flexibility index (Phi) is 4.72. The van der Waals surface area contributed by atoms with E-state index in [4.69, 9.17) is 16.6 Å². The van der Waals surface area contributed by atoms with Gasteiger partial charge in [0.05, 0.1) is 16.8 Å². The number of benzene rings is 2. The Morgan fingerprint density at radius 3 is 2.50 bits per heavy atom. The zero-order valence-electron chi connectivity index (χ0n) is 16.6. The Hall–Kier alpha value is -2.65. The number of rotatable bonds is 2. The smallest absolute Gasteiger partial charge is 0.250 e. The van der Waals surface area contributed by atoms with Crippen LogP contribution in [0.3, 0.4) is 0 Å². The Balaban J connectivity index is 2.07. The molecule has 142 valence electrons. The standard InChI is InChI=1S/C24H23ClN2O/c1-5-16-7-9-17-20(11-16)21-13-27(4)23(28)12-19(21)15(3)26-24(17)18-8-6-14(2)10-22(18)25/h6-13,15H,5H2,1-4H3/t15-/m0/s1. The maximum absolute atomic E-state index is 12.3. The van der Waals surface area contributed by atoms with Crippen molar-refractivity contribution in [1.82, 2.24) is 4.57 Å². The predicted octanol–water partition coefficient (Wildman–Crippen LogP) is 5.49. The lowest BCUT2D eigenvalue weighted by Gasteiger charge is -2.15. The zero-order valence-corrected chi connectivity index (χ0v) is 17.3. The second-order valence-corrected chi connectivity index (χ2v) is 7.87. The van der Waals surface area contributed by atoms with Gasteiger partial charge in [0.15, 0.2) is 0 Å². The van der Waals surface area contributed by atoms with Crippen molar-refractivity contribution < 1.29 is 0 Å². The lowest BCUT2D eigenvalue weighted by atomic mass is 9.90. The molecule has 1 aliphatic rings. The summed E-state index contributed by atoms with van der Waals surface area (Å²) >= 11 is 6.62. The van der Waals surface area contributed by atoms with Crippen LogP contribution < -0.4 is 5.56 Å². The first-order valence-corrected chi connectivity index (χ1v) is 9.95. The molecule has 1 atom stereocenters. The van der Waals surface area contributed by atoms with Crippen LogP contribution in [0.2, 0.25) is 5.02 Å². The molecule has 1 aromatic heterocycles. The van der Waals surface area contributed by atoms with E-state index in [0.717, 1.165) is 45.5 Å². The van der Waals surface area contributed by atoms with Crippen molar-refractivity contribution in [3.05, 3.63) is 91.9 Å². The summed E-state index contributed by atoms with van der Waals surface area (Å²) in [6.45, 7) is 6.21. The Bertz CT molecular complexity index is 1170. The maximum atomic E-state index is 12.3. The highest BCUT2D eigenvalue weighted by Gasteiger charge is 2.25. The number of fused-ring (bicyclic) bond motifs is 3. The van der Waals surface area contributed by atoms with Crippen molar-refractivity contribution in [3.63, 3.8) is 0 Å². The molecular weight excluding hydrogens is 368 g/mol. The van der Waals surface area contributed by atoms with Gasteiger partial charge in [-0.3, -0.25) is 9.79 Å². The molecule has 0 N–H and O–H groups in total. The van der Waals surface area contributed by atoms with Gasteiger partial charge in [-0.05, 0) is 48.6 Å². The number of aliphatic imine (C=N–C) groups is 1. The van der Waals surface area contributed by atoms with Crippen LogP contribution in [0, 0.1) is 6.92 Å². The fraction of sp³-hybridized carbons (Fsp3) is 0.250. The topological polar surface area (TPSA) is 34.4 Å². The minimum atomic E-state index is -0.145. The fourth-order valence-electron chi connectivity index (χ4n) is 3.82. The molecule has 2 aromatic carbocycles. The third-order valence-corrected chi connectivity index (χ3v) is 5.76. The monoisotopic (exact) mass is 390 g/mol. The molecule has 4 rings (SSSR count). The normalized spacial score (nSPS) is 15.5. The van der Waals surface area contributed by atoms with E-state index in [1.54, 1.807) is 17.7 Å². The van der Waals surface area contributed by atoms with Gasteiger partial charge >= 0.3 is 0 Å². The third-order valence-electron chi connectivity index (χ3n) is 5.45. The molecule has 0 bridgehead atoms. The van der Waals surface area contributed by atoms with E-state index in [-0.39, 0.29) is 11.6 Å². The quantitative estimate of drug-likeness (QED) is 0.569. The van der Waals surface area contributed by atoms with Gasteiger partial charge in [0.2, 0.25) is 0 Å². The van der Waals surface area contributed by atoms with Gasteiger partial charge in [-0.15, -0.1) is 0 Å². The number of halogens is 1. The summed E-state index contributed by atoms with van der Waals surface area (Å²) in [5.74, 6) is 0. The summed E-state index contributed by atoms with van der Waals surface area (Å²) in [6.07, 6.45) is 2.88. The molecule has 0 radical (unpaired) electrons. The lowest BCUT2D eigenvalue weighted by molar-refractivity contribution is 0.796. The molecule has 0 aliphatic carbocycles. The van der Waals surface area contributed by atoms with Crippen LogP contribution >= 0.6 is 11.6 Å². The van der Waals surface area contributed by atoms with E-state index in [9.17, 15) is 4.79 Å². The van der Waals surface area contributed by atoms with E-state index >= 15 is 0 Å². The Morgan fingerprint density at radius 2 is 1.79 bits per heavy atom. The second-order valence-electron chi connectivity index (χ2n) is 7.46. The summed E-state index contributed by atoms with van der Waals surface area (Å²) in [5.41, 5.74) is 8.30. The van der Waals surface area contributed by atoms with Crippen LogP contribution in [0.1, 0.15) is 47.7 Å². The van der Waals surface area contributed by atoms with Gasteiger partial charge in [0.1, 0.15) is 0 Å². The van der Waals surface area contributed by atoms with Crippen molar-refractivity contribution in [2.75, 3.05) is 0 Å². The third kappa shape index (κ3) is 3.10. The van der Waals surface area contributed by atoms with Crippen molar-refractivity contribution >= 4 is 17.3 Å². The highest BCUT2D eigenvalue weighted by molar-refractivity contribution is 6.36. The molecule has 0 unspecified atom stereocenters. The molecule has 3 aromatic rings. The molecule has 1 aliphatic heterocycles. The van der Waals surface area contributed by atoms with E-state index < -0.39 is 0 Å². The molecule has 2 heterocycles. The molecule has 3 nitrogen and oxygen atoms in total. The first-order valence-electron chi connectivity index (χ1n) is 9.57. The van der Waals surface area contributed by atoms with Crippen LogP contribution in [0.15, 0.2) is 58.4 Å². The number of hydrogen-bond acceptors (Lipinski definition) is 2. The van der Waals surface area contributed by atoms with E-state index in [1.165, 1.54) is 5.56 Å². The van der Waals surface area contributed by atoms with Crippen LogP contribution in [0.4, 0.5) is 0 Å². The van der Waals surface area contributed by atoms with Crippen LogP contribution in [0.25, 0.3) is 11.1 Å². The van der Waals surface area contributed by atoms with Gasteiger partial charge in [0, 0.05) is 36.0 Å². The molecular formula is C24H23ClN2O. The molecule has 28 heavy (non-hydrogen) atoms. The highest BCUT2D eigenvalue weighted by Crippen LogP contribution is 2.38. The maximum Gasteiger partial charge on any atom is 0.250 e. The van der Waals surface area contributed by atoms with Gasteiger partial charge in [-0.2, -0.15) is 0 Å². The summed E-state index contributed by atoms with van der Waals surface area (Å²) in [4.78, 5) is 17.4. The van der Waals surface area contributed by atoms with Gasteiger partial charge in [0.25, 0.3) is 5.56 Å². The van der Waals surface area contributed by atoms with Crippen LogP contribution in [0.5, 0.6) is 0 Å². The van der Waals surface area contributed by atoms with E-state index in [1.807, 2.05) is 32.2 Å². The van der Waals surface area contributed by atoms with Gasteiger partial charge in [-0.1, -0.05) is 48.9 Å². The average Bonchev–Trinajstić information content (AvgIpc) is 2.78. The number of aryl methyl sites for hydroxylation is 3. The molecule has 0 spiro atoms. The van der Waals surface area contributed by atoms with E-state index in [0.29, 0.717) is 5.02 Å². The minimum Gasteiger partial charge on any atom is -0.318 e. The molecule has 0 saturated heterocycles. The lowest BCUT2D eigenvalue weighted by Crippen LogP contribution is -2.17. The van der Waals surface area contributed by atoms with Crippen molar-refractivity contribution in [3.8, 4) is 11.1 Å². The first kappa shape index (κ1) is 18.7. The first-order chi connectivity index (χ1) is 13.4. The number of pyridine rings is 1. The van der Waals surface area contributed by atoms with Crippen molar-refractivity contribution in [2.45, 2.75) is 33.2 Å². The largest absolute Gasteiger partial charge is 0.318 e. The second kappa shape index (κ2) is 7.06.